The minimum Gasteiger partial charge on any atom is -0.482 e. The summed E-state index contributed by atoms with van der Waals surface area (Å²) in [7, 11) is 0. The molecule has 0 radical (unpaired) electrons. The van der Waals surface area contributed by atoms with Gasteiger partial charge in [-0.2, -0.15) is 5.10 Å². The highest BCUT2D eigenvalue weighted by atomic mass is 79.9. The summed E-state index contributed by atoms with van der Waals surface area (Å²) in [6.07, 6.45) is 1.92. The van der Waals surface area contributed by atoms with Gasteiger partial charge in [0.25, 0.3) is 0 Å². The monoisotopic (exact) mass is 370 g/mol. The fourth-order valence-corrected chi connectivity index (χ4v) is 2.65. The summed E-state index contributed by atoms with van der Waals surface area (Å²) in [5.74, 6) is 0.453. The van der Waals surface area contributed by atoms with Gasteiger partial charge < -0.3 is 4.74 Å². The lowest BCUT2D eigenvalue weighted by molar-refractivity contribution is 0.0805. The Morgan fingerprint density at radius 2 is 2.29 bits per heavy atom. The number of benzene rings is 1. The average molecular weight is 372 g/mol. The van der Waals surface area contributed by atoms with E-state index in [-0.39, 0.29) is 5.78 Å². The summed E-state index contributed by atoms with van der Waals surface area (Å²) < 4.78 is 8.05. The molecule has 0 aliphatic rings. The summed E-state index contributed by atoms with van der Waals surface area (Å²) in [5, 5.41) is 4.78. The van der Waals surface area contributed by atoms with E-state index >= 15 is 0 Å². The van der Waals surface area contributed by atoms with E-state index in [0.29, 0.717) is 27.5 Å². The van der Waals surface area contributed by atoms with Crippen LogP contribution in [0, 0.1) is 0 Å². The highest BCUT2D eigenvalue weighted by molar-refractivity contribution is 9.10. The fourth-order valence-electron chi connectivity index (χ4n) is 1.98. The molecule has 0 amide bonds. The zero-order valence-corrected chi connectivity index (χ0v) is 14.2. The number of carbonyl (C=O) groups is 1. The Kier molecular flexibility index (Phi) is 5.42. The number of ether oxygens (including phenoxy) is 1. The van der Waals surface area contributed by atoms with Crippen LogP contribution in [0.4, 0.5) is 0 Å². The van der Waals surface area contributed by atoms with Gasteiger partial charge in [-0.15, -0.1) is 0 Å². The van der Waals surface area contributed by atoms with Crippen molar-refractivity contribution in [3.63, 3.8) is 0 Å². The topological polar surface area (TPSA) is 44.1 Å². The summed E-state index contributed by atoms with van der Waals surface area (Å²) in [6.45, 7) is 4.45. The van der Waals surface area contributed by atoms with Gasteiger partial charge in [0.15, 0.2) is 6.10 Å². The second kappa shape index (κ2) is 7.09. The van der Waals surface area contributed by atoms with E-state index in [0.717, 1.165) is 6.42 Å². The fraction of sp³-hybridized carbons (Fsp3) is 0.333. The predicted molar refractivity (Wildman–Crippen MR) is 86.1 cm³/mol. The molecule has 0 aliphatic heterocycles. The molecule has 0 bridgehead atoms. The van der Waals surface area contributed by atoms with Crippen molar-refractivity contribution in [2.24, 2.45) is 0 Å². The third kappa shape index (κ3) is 3.86. The highest BCUT2D eigenvalue weighted by Gasteiger charge is 2.24. The zero-order valence-electron chi connectivity index (χ0n) is 11.8. The van der Waals surface area contributed by atoms with Crippen LogP contribution in [-0.2, 0) is 6.54 Å². The molecule has 1 unspecified atom stereocenters. The molecule has 1 aromatic heterocycles. The van der Waals surface area contributed by atoms with Crippen LogP contribution in [0.3, 0.4) is 0 Å². The van der Waals surface area contributed by atoms with Crippen molar-refractivity contribution in [3.8, 4) is 5.75 Å². The van der Waals surface area contributed by atoms with Gasteiger partial charge in [0.05, 0.1) is 10.7 Å². The molecule has 2 rings (SSSR count). The van der Waals surface area contributed by atoms with Crippen molar-refractivity contribution < 1.29 is 9.53 Å². The lowest BCUT2D eigenvalue weighted by Crippen LogP contribution is -2.27. The van der Waals surface area contributed by atoms with Gasteiger partial charge in [-0.05, 0) is 47.5 Å². The summed E-state index contributed by atoms with van der Waals surface area (Å²) >= 11 is 9.28. The molecule has 2 aromatic rings. The van der Waals surface area contributed by atoms with Crippen molar-refractivity contribution >= 4 is 33.3 Å². The first kappa shape index (κ1) is 16.0. The molecule has 1 heterocycles. The first-order chi connectivity index (χ1) is 10.0. The maximum absolute atomic E-state index is 12.6. The van der Waals surface area contributed by atoms with Gasteiger partial charge in [-0.3, -0.25) is 9.48 Å². The number of Topliss-reactive ketones (excluding diaryl/α,β-unsaturated/α-hetero) is 1. The number of aromatic nitrogens is 2. The molecule has 4 nitrogen and oxygen atoms in total. The van der Waals surface area contributed by atoms with E-state index in [9.17, 15) is 4.79 Å². The standard InChI is InChI=1S/C15H16BrClN2O2/c1-3-7-19-14(13(16)9-18-19)15(20)10(2)21-12-6-4-5-11(17)8-12/h4-6,8-10H,3,7H2,1-2H3. The van der Waals surface area contributed by atoms with Crippen molar-refractivity contribution in [2.75, 3.05) is 0 Å². The quantitative estimate of drug-likeness (QED) is 0.709. The smallest absolute Gasteiger partial charge is 0.222 e. The maximum atomic E-state index is 12.6. The van der Waals surface area contributed by atoms with E-state index in [1.165, 1.54) is 0 Å². The van der Waals surface area contributed by atoms with Gasteiger partial charge >= 0.3 is 0 Å². The Bertz CT molecular complexity index is 642. The van der Waals surface area contributed by atoms with Crippen molar-refractivity contribution in [3.05, 3.63) is 45.7 Å². The molecule has 1 atom stereocenters. The predicted octanol–water partition coefficient (Wildman–Crippen LogP) is 4.36. The van der Waals surface area contributed by atoms with Crippen molar-refractivity contribution in [1.29, 1.82) is 0 Å². The molecule has 1 aromatic carbocycles. The van der Waals surface area contributed by atoms with Crippen LogP contribution >= 0.6 is 27.5 Å². The number of carbonyl (C=O) groups excluding carboxylic acids is 1. The van der Waals surface area contributed by atoms with Crippen molar-refractivity contribution in [1.82, 2.24) is 9.78 Å². The summed E-state index contributed by atoms with van der Waals surface area (Å²) in [5.41, 5.74) is 0.534. The van der Waals surface area contributed by atoms with Crippen LogP contribution in [0.15, 0.2) is 34.9 Å². The van der Waals surface area contributed by atoms with Crippen LogP contribution in [0.1, 0.15) is 30.8 Å². The summed E-state index contributed by atoms with van der Waals surface area (Å²) in [6, 6.07) is 7.00. The normalized spacial score (nSPS) is 12.2. The minimum absolute atomic E-state index is 0.118. The van der Waals surface area contributed by atoms with Crippen LogP contribution in [0.2, 0.25) is 5.02 Å². The van der Waals surface area contributed by atoms with Gasteiger partial charge in [0, 0.05) is 11.6 Å². The molecule has 6 heteroatoms. The number of ketones is 1. The Labute approximate surface area is 137 Å². The molecule has 0 N–H and O–H groups in total. The number of hydrogen-bond acceptors (Lipinski definition) is 3. The number of nitrogens with zero attached hydrogens (tertiary/aromatic N) is 2. The number of halogens is 2. The first-order valence-electron chi connectivity index (χ1n) is 6.70. The molecule has 0 spiro atoms. The lowest BCUT2D eigenvalue weighted by Gasteiger charge is -2.15. The first-order valence-corrected chi connectivity index (χ1v) is 7.87. The Balaban J connectivity index is 2.17. The van der Waals surface area contributed by atoms with Crippen LogP contribution in [0.5, 0.6) is 5.75 Å². The highest BCUT2D eigenvalue weighted by Crippen LogP contribution is 2.22. The maximum Gasteiger partial charge on any atom is 0.222 e. The van der Waals surface area contributed by atoms with Crippen molar-refractivity contribution in [2.45, 2.75) is 32.9 Å². The van der Waals surface area contributed by atoms with Crippen LogP contribution in [-0.4, -0.2) is 21.7 Å². The van der Waals surface area contributed by atoms with Gasteiger partial charge in [0.1, 0.15) is 11.4 Å². The van der Waals surface area contributed by atoms with E-state index in [1.54, 1.807) is 42.1 Å². The second-order valence-electron chi connectivity index (χ2n) is 4.65. The molecule has 0 aliphatic carbocycles. The third-order valence-corrected chi connectivity index (χ3v) is 3.76. The Hall–Kier alpha value is -1.33. The summed E-state index contributed by atoms with van der Waals surface area (Å²) in [4.78, 5) is 12.6. The minimum atomic E-state index is -0.618. The molecule has 0 saturated carbocycles. The third-order valence-electron chi connectivity index (χ3n) is 2.94. The molecule has 0 saturated heterocycles. The molecular formula is C15H16BrClN2O2. The zero-order chi connectivity index (χ0) is 15.4. The Morgan fingerprint density at radius 3 is 2.95 bits per heavy atom. The number of aryl methyl sites for hydroxylation is 1. The molecule has 21 heavy (non-hydrogen) atoms. The lowest BCUT2D eigenvalue weighted by atomic mass is 10.2. The largest absolute Gasteiger partial charge is 0.482 e. The second-order valence-corrected chi connectivity index (χ2v) is 5.94. The Morgan fingerprint density at radius 1 is 1.52 bits per heavy atom. The average Bonchev–Trinajstić information content (AvgIpc) is 2.79. The van der Waals surface area contributed by atoms with Gasteiger partial charge in [-0.1, -0.05) is 24.6 Å². The van der Waals surface area contributed by atoms with E-state index in [4.69, 9.17) is 16.3 Å². The van der Waals surface area contributed by atoms with Gasteiger partial charge in [-0.25, -0.2) is 0 Å². The van der Waals surface area contributed by atoms with E-state index < -0.39 is 6.10 Å². The van der Waals surface area contributed by atoms with E-state index in [1.807, 2.05) is 6.92 Å². The van der Waals surface area contributed by atoms with Crippen LogP contribution < -0.4 is 4.74 Å². The molecular weight excluding hydrogens is 356 g/mol. The molecule has 112 valence electrons. The number of rotatable bonds is 6. The SMILES string of the molecule is CCCn1ncc(Br)c1C(=O)C(C)Oc1cccc(Cl)c1. The van der Waals surface area contributed by atoms with Crippen LogP contribution in [0.25, 0.3) is 0 Å². The van der Waals surface area contributed by atoms with Gasteiger partial charge in [0.2, 0.25) is 5.78 Å². The van der Waals surface area contributed by atoms with E-state index in [2.05, 4.69) is 21.0 Å². The molecule has 0 fully saturated rings. The number of hydrogen-bond donors (Lipinski definition) is 0.